The van der Waals surface area contributed by atoms with Crippen molar-refractivity contribution in [2.75, 3.05) is 11.4 Å². The van der Waals surface area contributed by atoms with Gasteiger partial charge < -0.3 is 10.6 Å². The van der Waals surface area contributed by atoms with Gasteiger partial charge in [-0.1, -0.05) is 0 Å². The van der Waals surface area contributed by atoms with Crippen LogP contribution in [0.3, 0.4) is 0 Å². The lowest BCUT2D eigenvalue weighted by Gasteiger charge is -2.26. The van der Waals surface area contributed by atoms with Crippen LogP contribution in [0.25, 0.3) is 0 Å². The maximum atomic E-state index is 13.1. The fourth-order valence-corrected chi connectivity index (χ4v) is 3.61. The quantitative estimate of drug-likeness (QED) is 0.921. The van der Waals surface area contributed by atoms with Gasteiger partial charge in [0, 0.05) is 15.4 Å². The molecule has 1 aromatic carbocycles. The van der Waals surface area contributed by atoms with Gasteiger partial charge in [0.15, 0.2) is 5.96 Å². The average molecular weight is 289 g/mol. The van der Waals surface area contributed by atoms with Gasteiger partial charge in [0.1, 0.15) is 5.82 Å². The van der Waals surface area contributed by atoms with Crippen LogP contribution < -0.4 is 10.6 Å². The fourth-order valence-electron chi connectivity index (χ4n) is 2.63. The van der Waals surface area contributed by atoms with E-state index >= 15 is 0 Å². The molecule has 2 N–H and O–H groups in total. The van der Waals surface area contributed by atoms with E-state index in [1.165, 1.54) is 27.5 Å². The van der Waals surface area contributed by atoms with Gasteiger partial charge in [0.2, 0.25) is 0 Å². The molecular weight excluding hydrogens is 273 g/mol. The Labute approximate surface area is 121 Å². The molecule has 2 heterocycles. The molecule has 1 aliphatic rings. The molecule has 1 aliphatic heterocycles. The molecule has 5 heteroatoms. The maximum absolute atomic E-state index is 13.1. The Bertz CT molecular complexity index is 660. The Morgan fingerprint density at radius 2 is 2.00 bits per heavy atom. The van der Waals surface area contributed by atoms with Crippen molar-refractivity contribution in [3.63, 3.8) is 0 Å². The second-order valence-corrected chi connectivity index (χ2v) is 6.39. The average Bonchev–Trinajstić information content (AvgIpc) is 2.93. The predicted octanol–water partition coefficient (Wildman–Crippen LogP) is 3.38. The van der Waals surface area contributed by atoms with Crippen LogP contribution in [0.4, 0.5) is 10.1 Å². The third kappa shape index (κ3) is 2.18. The first kappa shape index (κ1) is 13.1. The van der Waals surface area contributed by atoms with E-state index in [1.807, 2.05) is 4.90 Å². The summed E-state index contributed by atoms with van der Waals surface area (Å²) in [5.41, 5.74) is 8.14. The third-order valence-electron chi connectivity index (χ3n) is 3.53. The molecule has 0 saturated carbocycles. The predicted molar refractivity (Wildman–Crippen MR) is 81.9 cm³/mol. The number of thiophene rings is 1. The molecule has 3 nitrogen and oxygen atoms in total. The molecule has 0 radical (unpaired) electrons. The number of hydrogen-bond donors (Lipinski definition) is 1. The first-order chi connectivity index (χ1) is 9.56. The summed E-state index contributed by atoms with van der Waals surface area (Å²) in [7, 11) is 0. The van der Waals surface area contributed by atoms with Crippen molar-refractivity contribution < 1.29 is 4.39 Å². The number of aliphatic imine (C=N–C) groups is 1. The van der Waals surface area contributed by atoms with Gasteiger partial charge >= 0.3 is 0 Å². The van der Waals surface area contributed by atoms with Crippen LogP contribution in [0, 0.1) is 19.7 Å². The Morgan fingerprint density at radius 3 is 2.60 bits per heavy atom. The van der Waals surface area contributed by atoms with Crippen LogP contribution >= 0.6 is 11.3 Å². The fraction of sp³-hybridized carbons (Fsp3) is 0.267. The number of nitrogens with two attached hydrogens (primary N) is 1. The zero-order chi connectivity index (χ0) is 14.3. The summed E-state index contributed by atoms with van der Waals surface area (Å²) in [6, 6.07) is 8.67. The van der Waals surface area contributed by atoms with Gasteiger partial charge in [0.25, 0.3) is 0 Å². The number of aryl methyl sites for hydroxylation is 2. The van der Waals surface area contributed by atoms with Crippen molar-refractivity contribution in [3.8, 4) is 0 Å². The first-order valence-corrected chi connectivity index (χ1v) is 7.29. The summed E-state index contributed by atoms with van der Waals surface area (Å²) in [4.78, 5) is 8.90. The lowest BCUT2D eigenvalue weighted by atomic mass is 10.1. The molecule has 3 rings (SSSR count). The number of nitrogens with zero attached hydrogens (tertiary/aromatic N) is 2. The second kappa shape index (κ2) is 4.90. The van der Waals surface area contributed by atoms with Crippen molar-refractivity contribution in [2.24, 2.45) is 10.7 Å². The zero-order valence-corrected chi connectivity index (χ0v) is 12.2. The van der Waals surface area contributed by atoms with Gasteiger partial charge in [-0.05, 0) is 49.7 Å². The Balaban J connectivity index is 2.00. The van der Waals surface area contributed by atoms with Crippen molar-refractivity contribution in [1.82, 2.24) is 0 Å². The number of rotatable bonds is 2. The summed E-state index contributed by atoms with van der Waals surface area (Å²) in [6.07, 6.45) is 0. The minimum absolute atomic E-state index is 0.102. The van der Waals surface area contributed by atoms with Gasteiger partial charge in [0.05, 0.1) is 12.6 Å². The molecule has 1 unspecified atom stereocenters. The number of anilines is 1. The third-order valence-corrected chi connectivity index (χ3v) is 4.51. The van der Waals surface area contributed by atoms with Crippen LogP contribution in [0.1, 0.15) is 21.4 Å². The van der Waals surface area contributed by atoms with Gasteiger partial charge in [-0.25, -0.2) is 4.39 Å². The molecule has 1 atom stereocenters. The van der Waals surface area contributed by atoms with E-state index in [4.69, 9.17) is 5.73 Å². The highest BCUT2D eigenvalue weighted by atomic mass is 32.1. The molecule has 104 valence electrons. The SMILES string of the molecule is Cc1cc(C2CN=C(N)N2c2ccc(F)cc2)c(C)s1. The van der Waals surface area contributed by atoms with E-state index in [-0.39, 0.29) is 11.9 Å². The minimum atomic E-state index is -0.248. The highest BCUT2D eigenvalue weighted by Gasteiger charge is 2.30. The standard InChI is InChI=1S/C15H16FN3S/c1-9-7-13(10(2)20-9)14-8-18-15(17)19(14)12-5-3-11(16)4-6-12/h3-7,14H,8H2,1-2H3,(H2,17,18). The van der Waals surface area contributed by atoms with E-state index < -0.39 is 0 Å². The second-order valence-electron chi connectivity index (χ2n) is 4.93. The van der Waals surface area contributed by atoms with E-state index in [1.54, 1.807) is 23.5 Å². The molecular formula is C15H16FN3S. The largest absolute Gasteiger partial charge is 0.369 e. The zero-order valence-electron chi connectivity index (χ0n) is 11.4. The smallest absolute Gasteiger partial charge is 0.196 e. The summed E-state index contributed by atoms with van der Waals surface area (Å²) >= 11 is 1.78. The van der Waals surface area contributed by atoms with Crippen LogP contribution in [-0.4, -0.2) is 12.5 Å². The van der Waals surface area contributed by atoms with E-state index in [2.05, 4.69) is 24.9 Å². The van der Waals surface area contributed by atoms with Crippen molar-refractivity contribution in [1.29, 1.82) is 0 Å². The first-order valence-electron chi connectivity index (χ1n) is 6.48. The van der Waals surface area contributed by atoms with Crippen molar-refractivity contribution >= 4 is 23.0 Å². The minimum Gasteiger partial charge on any atom is -0.369 e. The summed E-state index contributed by atoms with van der Waals surface area (Å²) in [6.45, 7) is 4.85. The molecule has 2 aromatic rings. The number of guanidine groups is 1. The van der Waals surface area contributed by atoms with Gasteiger partial charge in [-0.2, -0.15) is 0 Å². The van der Waals surface area contributed by atoms with Crippen molar-refractivity contribution in [2.45, 2.75) is 19.9 Å². The Morgan fingerprint density at radius 1 is 1.30 bits per heavy atom. The highest BCUT2D eigenvalue weighted by Crippen LogP contribution is 2.35. The Kier molecular flexibility index (Phi) is 3.22. The van der Waals surface area contributed by atoms with Crippen LogP contribution in [0.2, 0.25) is 0 Å². The van der Waals surface area contributed by atoms with Crippen LogP contribution in [-0.2, 0) is 0 Å². The van der Waals surface area contributed by atoms with Gasteiger partial charge in [-0.3, -0.25) is 4.99 Å². The topological polar surface area (TPSA) is 41.6 Å². The monoisotopic (exact) mass is 289 g/mol. The molecule has 0 spiro atoms. The van der Waals surface area contributed by atoms with E-state index in [0.29, 0.717) is 12.5 Å². The normalized spacial score (nSPS) is 18.4. The Hall–Kier alpha value is -1.88. The summed E-state index contributed by atoms with van der Waals surface area (Å²) in [5.74, 6) is 0.243. The molecule has 20 heavy (non-hydrogen) atoms. The summed E-state index contributed by atoms with van der Waals surface area (Å²) in [5, 5.41) is 0. The number of hydrogen-bond acceptors (Lipinski definition) is 4. The lowest BCUT2D eigenvalue weighted by Crippen LogP contribution is -2.36. The number of halogens is 1. The molecule has 0 aliphatic carbocycles. The molecule has 1 aromatic heterocycles. The van der Waals surface area contributed by atoms with Crippen LogP contribution in [0.5, 0.6) is 0 Å². The summed E-state index contributed by atoms with van der Waals surface area (Å²) < 4.78 is 13.1. The van der Waals surface area contributed by atoms with E-state index in [9.17, 15) is 4.39 Å². The van der Waals surface area contributed by atoms with Gasteiger partial charge in [-0.15, -0.1) is 11.3 Å². The molecule has 0 fully saturated rings. The van der Waals surface area contributed by atoms with Crippen LogP contribution in [0.15, 0.2) is 35.3 Å². The maximum Gasteiger partial charge on any atom is 0.196 e. The van der Waals surface area contributed by atoms with Crippen molar-refractivity contribution in [3.05, 3.63) is 51.5 Å². The highest BCUT2D eigenvalue weighted by molar-refractivity contribution is 7.12. The molecule has 0 amide bonds. The molecule has 0 bridgehead atoms. The van der Waals surface area contributed by atoms with E-state index in [0.717, 1.165) is 5.69 Å². The number of benzene rings is 1. The lowest BCUT2D eigenvalue weighted by molar-refractivity contribution is 0.627. The molecule has 0 saturated heterocycles.